The molecule has 2 aromatic heterocycles. The summed E-state index contributed by atoms with van der Waals surface area (Å²) >= 11 is 1.59. The van der Waals surface area contributed by atoms with Gasteiger partial charge >= 0.3 is 5.97 Å². The molecule has 0 aliphatic rings. The summed E-state index contributed by atoms with van der Waals surface area (Å²) in [7, 11) is 1.41. The highest BCUT2D eigenvalue weighted by Gasteiger charge is 2.17. The van der Waals surface area contributed by atoms with Crippen molar-refractivity contribution >= 4 is 67.4 Å². The van der Waals surface area contributed by atoms with Gasteiger partial charge in [-0.05, 0) is 55.0 Å². The number of benzene rings is 3. The van der Waals surface area contributed by atoms with Crippen LogP contribution in [0.5, 0.6) is 0 Å². The molecule has 0 atom stereocenters. The fourth-order valence-electron chi connectivity index (χ4n) is 3.92. The van der Waals surface area contributed by atoms with Crippen molar-refractivity contribution in [2.75, 3.05) is 7.11 Å². The van der Waals surface area contributed by atoms with Gasteiger partial charge in [0.05, 0.1) is 28.6 Å². The molecule has 2 heterocycles. The lowest BCUT2D eigenvalue weighted by Gasteiger charge is -2.06. The highest BCUT2D eigenvalue weighted by atomic mass is 35.5. The fraction of sp³-hybridized carbons (Fsp3) is 0.160. The van der Waals surface area contributed by atoms with Crippen LogP contribution in [0.25, 0.3) is 42.6 Å². The van der Waals surface area contributed by atoms with E-state index in [9.17, 15) is 4.79 Å². The molecule has 0 radical (unpaired) electrons. The zero-order chi connectivity index (χ0) is 22.4. The highest BCUT2D eigenvalue weighted by Crippen LogP contribution is 2.38. The topological polar surface area (TPSA) is 93.4 Å². The van der Waals surface area contributed by atoms with Crippen molar-refractivity contribution in [1.29, 1.82) is 0 Å². The lowest BCUT2D eigenvalue weighted by atomic mass is 10.0. The van der Waals surface area contributed by atoms with E-state index in [1.54, 1.807) is 11.3 Å². The third kappa shape index (κ3) is 4.05. The first-order valence-electron chi connectivity index (χ1n) is 10.3. The number of carbonyl (C=O) groups is 1. The van der Waals surface area contributed by atoms with Crippen LogP contribution in [0.3, 0.4) is 0 Å². The standard InChI is InChI=1S/C25H22N4O2S.ClH/c1-13(2)27-23(26)14-8-9-19-20(10-14)29-24(28-19)22-11-17-15-6-4-5-7-16(15)18(25(30)31-3)12-21(17)32-22;/h4-13H,1-3H3,(H2,26,27)(H,28,29);1H. The molecule has 0 amide bonds. The van der Waals surface area contributed by atoms with Gasteiger partial charge in [0, 0.05) is 21.7 Å². The Bertz CT molecular complexity index is 1530. The summed E-state index contributed by atoms with van der Waals surface area (Å²) in [6.45, 7) is 3.99. The van der Waals surface area contributed by atoms with Crippen LogP contribution in [0.15, 0.2) is 59.6 Å². The molecular formula is C25H23ClN4O2S. The molecule has 0 aliphatic heterocycles. The Morgan fingerprint density at radius 1 is 1.09 bits per heavy atom. The molecule has 33 heavy (non-hydrogen) atoms. The van der Waals surface area contributed by atoms with Gasteiger partial charge in [-0.2, -0.15) is 0 Å². The first kappa shape index (κ1) is 22.8. The Labute approximate surface area is 200 Å². The predicted octanol–water partition coefficient (Wildman–Crippen LogP) is 5.92. The Morgan fingerprint density at radius 3 is 2.58 bits per heavy atom. The molecule has 0 unspecified atom stereocenters. The van der Waals surface area contributed by atoms with E-state index in [0.29, 0.717) is 11.4 Å². The number of thiophene rings is 1. The number of nitrogens with one attached hydrogen (secondary N) is 1. The molecule has 5 rings (SSSR count). The number of hydrogen-bond donors (Lipinski definition) is 2. The van der Waals surface area contributed by atoms with Crippen molar-refractivity contribution in [3.05, 3.63) is 65.7 Å². The molecule has 0 bridgehead atoms. The predicted molar refractivity (Wildman–Crippen MR) is 139 cm³/mol. The number of amidine groups is 1. The molecule has 0 spiro atoms. The number of hydrogen-bond acceptors (Lipinski definition) is 5. The van der Waals surface area contributed by atoms with Gasteiger partial charge in [0.2, 0.25) is 0 Å². The van der Waals surface area contributed by atoms with Crippen molar-refractivity contribution < 1.29 is 9.53 Å². The number of imidazole rings is 1. The Hall–Kier alpha value is -3.42. The SMILES string of the molecule is COC(=O)c1cc2sc(-c3nc4ccc(C(N)=NC(C)C)cc4[nH]3)cc2c2ccccc12.Cl. The average Bonchev–Trinajstić information content (AvgIpc) is 3.41. The number of methoxy groups -OCH3 is 1. The number of nitrogens with two attached hydrogens (primary N) is 1. The molecule has 168 valence electrons. The molecule has 6 nitrogen and oxygen atoms in total. The second-order valence-corrected chi connectivity index (χ2v) is 8.99. The molecule has 0 aliphatic carbocycles. The molecule has 3 N–H and O–H groups in total. The Kier molecular flexibility index (Phi) is 6.10. The number of ether oxygens (including phenoxy) is 1. The number of esters is 1. The number of fused-ring (bicyclic) bond motifs is 4. The number of carbonyl (C=O) groups excluding carboxylic acids is 1. The third-order valence-electron chi connectivity index (χ3n) is 5.36. The summed E-state index contributed by atoms with van der Waals surface area (Å²) in [6.07, 6.45) is 0. The second kappa shape index (κ2) is 8.84. The van der Waals surface area contributed by atoms with Crippen LogP contribution in [0.4, 0.5) is 0 Å². The van der Waals surface area contributed by atoms with Crippen LogP contribution in [0.2, 0.25) is 0 Å². The Balaban J connectivity index is 0.00000259. The van der Waals surface area contributed by atoms with Gasteiger partial charge in [0.25, 0.3) is 0 Å². The second-order valence-electron chi connectivity index (χ2n) is 7.91. The van der Waals surface area contributed by atoms with Crippen LogP contribution in [-0.4, -0.2) is 34.9 Å². The van der Waals surface area contributed by atoms with Gasteiger partial charge in [-0.25, -0.2) is 9.78 Å². The van der Waals surface area contributed by atoms with E-state index in [2.05, 4.69) is 16.0 Å². The quantitative estimate of drug-likeness (QED) is 0.190. The zero-order valence-corrected chi connectivity index (χ0v) is 20.0. The molecule has 0 fully saturated rings. The number of halogens is 1. The number of aliphatic imine (C=N–C) groups is 1. The molecule has 0 saturated heterocycles. The van der Waals surface area contributed by atoms with Crippen LogP contribution in [-0.2, 0) is 4.74 Å². The summed E-state index contributed by atoms with van der Waals surface area (Å²) in [6, 6.07) is 17.9. The summed E-state index contributed by atoms with van der Waals surface area (Å²) in [4.78, 5) is 26.0. The van der Waals surface area contributed by atoms with Crippen molar-refractivity contribution in [2.24, 2.45) is 10.7 Å². The van der Waals surface area contributed by atoms with Gasteiger partial charge in [0.15, 0.2) is 0 Å². The number of nitrogens with zero attached hydrogens (tertiary/aromatic N) is 2. The van der Waals surface area contributed by atoms with Crippen LogP contribution in [0, 0.1) is 0 Å². The summed E-state index contributed by atoms with van der Waals surface area (Å²) in [5.74, 6) is 0.957. The van der Waals surface area contributed by atoms with Gasteiger partial charge < -0.3 is 15.5 Å². The maximum absolute atomic E-state index is 12.4. The molecule has 8 heteroatoms. The normalized spacial score (nSPS) is 11.9. The van der Waals surface area contributed by atoms with E-state index >= 15 is 0 Å². The zero-order valence-electron chi connectivity index (χ0n) is 18.4. The molecule has 5 aromatic rings. The number of H-pyrrole nitrogens is 1. The van der Waals surface area contributed by atoms with Crippen molar-refractivity contribution in [3.8, 4) is 10.7 Å². The van der Waals surface area contributed by atoms with Gasteiger partial charge in [-0.3, -0.25) is 4.99 Å². The maximum atomic E-state index is 12.4. The fourth-order valence-corrected chi connectivity index (χ4v) is 4.98. The Morgan fingerprint density at radius 2 is 1.85 bits per heavy atom. The highest BCUT2D eigenvalue weighted by molar-refractivity contribution is 7.22. The molecular weight excluding hydrogens is 456 g/mol. The van der Waals surface area contributed by atoms with E-state index in [1.807, 2.05) is 62.4 Å². The van der Waals surface area contributed by atoms with E-state index in [0.717, 1.165) is 48.2 Å². The third-order valence-corrected chi connectivity index (χ3v) is 6.45. The summed E-state index contributed by atoms with van der Waals surface area (Å²) in [5, 5.41) is 2.98. The van der Waals surface area contributed by atoms with Crippen molar-refractivity contribution in [1.82, 2.24) is 9.97 Å². The van der Waals surface area contributed by atoms with E-state index < -0.39 is 0 Å². The van der Waals surface area contributed by atoms with Gasteiger partial charge in [0.1, 0.15) is 11.7 Å². The van der Waals surface area contributed by atoms with E-state index in [-0.39, 0.29) is 24.4 Å². The first-order valence-corrected chi connectivity index (χ1v) is 11.1. The number of aromatic nitrogens is 2. The van der Waals surface area contributed by atoms with E-state index in [1.165, 1.54) is 7.11 Å². The minimum Gasteiger partial charge on any atom is -0.465 e. The van der Waals surface area contributed by atoms with Crippen molar-refractivity contribution in [2.45, 2.75) is 19.9 Å². The lowest BCUT2D eigenvalue weighted by molar-refractivity contribution is 0.0603. The monoisotopic (exact) mass is 478 g/mol. The summed E-state index contributed by atoms with van der Waals surface area (Å²) in [5.41, 5.74) is 9.33. The van der Waals surface area contributed by atoms with E-state index in [4.69, 9.17) is 15.5 Å². The summed E-state index contributed by atoms with van der Waals surface area (Å²) < 4.78 is 6.01. The number of rotatable bonds is 4. The minimum atomic E-state index is -0.338. The number of aromatic amines is 1. The van der Waals surface area contributed by atoms with Crippen molar-refractivity contribution in [3.63, 3.8) is 0 Å². The van der Waals surface area contributed by atoms with Gasteiger partial charge in [-0.1, -0.05) is 24.3 Å². The largest absolute Gasteiger partial charge is 0.465 e. The van der Waals surface area contributed by atoms with Crippen LogP contribution < -0.4 is 5.73 Å². The first-order chi connectivity index (χ1) is 15.4. The maximum Gasteiger partial charge on any atom is 0.338 e. The van der Waals surface area contributed by atoms with Gasteiger partial charge in [-0.15, -0.1) is 23.7 Å². The lowest BCUT2D eigenvalue weighted by Crippen LogP contribution is -2.15. The molecule has 0 saturated carbocycles. The molecule has 3 aromatic carbocycles. The van der Waals surface area contributed by atoms with Crippen LogP contribution >= 0.6 is 23.7 Å². The minimum absolute atomic E-state index is 0. The average molecular weight is 479 g/mol. The van der Waals surface area contributed by atoms with Crippen LogP contribution in [0.1, 0.15) is 29.8 Å². The smallest absolute Gasteiger partial charge is 0.338 e.